The third kappa shape index (κ3) is 16.4. The number of hydrogen-bond donors (Lipinski definition) is 8. The Labute approximate surface area is 293 Å². The summed E-state index contributed by atoms with van der Waals surface area (Å²) >= 11 is 0. The number of hydrogen-bond acceptors (Lipinski definition) is 13. The van der Waals surface area contributed by atoms with Crippen LogP contribution in [0.15, 0.2) is 132 Å². The molecule has 0 fully saturated rings. The fourth-order valence-electron chi connectivity index (χ4n) is 3.38. The molecule has 0 bridgehead atoms. The quantitative estimate of drug-likeness (QED) is 0.0336. The Balaban J connectivity index is 0.000000271. The van der Waals surface area contributed by atoms with Crippen molar-refractivity contribution in [3.8, 4) is 11.5 Å². The van der Waals surface area contributed by atoms with Gasteiger partial charge in [0, 0.05) is 13.6 Å². The molecular weight excluding hydrogens is 709 g/mol. The molecule has 0 saturated carbocycles. The van der Waals surface area contributed by atoms with Crippen molar-refractivity contribution in [3.63, 3.8) is 0 Å². The van der Waals surface area contributed by atoms with E-state index in [-0.39, 0.29) is 21.3 Å². The number of phenolic OH excluding ortho intramolecular Hbond substituents is 2. The Morgan fingerprint density at radius 2 is 0.980 bits per heavy atom. The molecule has 0 radical (unpaired) electrons. The van der Waals surface area contributed by atoms with Gasteiger partial charge < -0.3 is 32.1 Å². The number of nitrogens with zero attached hydrogens (tertiary/aromatic N) is 5. The van der Waals surface area contributed by atoms with Crippen LogP contribution >= 0.6 is 0 Å². The lowest BCUT2D eigenvalue weighted by atomic mass is 10.2. The first kappa shape index (κ1) is 41.4. The molecule has 4 aromatic rings. The number of aliphatic carboxylic acids is 1. The molecule has 0 aliphatic rings. The molecule has 51 heavy (non-hydrogen) atoms. The maximum atomic E-state index is 10.8. The molecule has 0 unspecified atom stereocenters. The van der Waals surface area contributed by atoms with E-state index in [1.807, 2.05) is 0 Å². The van der Waals surface area contributed by atoms with Gasteiger partial charge >= 0.3 is 5.97 Å². The van der Waals surface area contributed by atoms with Crippen LogP contribution in [0.3, 0.4) is 0 Å². The van der Waals surface area contributed by atoms with Crippen molar-refractivity contribution >= 4 is 54.9 Å². The van der Waals surface area contributed by atoms with Gasteiger partial charge in [-0.25, -0.2) is 0 Å². The third-order valence-corrected chi connectivity index (χ3v) is 7.82. The predicted molar refractivity (Wildman–Crippen MR) is 187 cm³/mol. The van der Waals surface area contributed by atoms with Crippen molar-refractivity contribution in [2.75, 3.05) is 13.6 Å². The van der Waals surface area contributed by atoms with E-state index in [4.69, 9.17) is 35.9 Å². The summed E-state index contributed by atoms with van der Waals surface area (Å²) in [6.45, 7) is 0.587. The molecule has 0 aliphatic heterocycles. The summed E-state index contributed by atoms with van der Waals surface area (Å²) in [6, 6.07) is 22.1. The summed E-state index contributed by atoms with van der Waals surface area (Å²) in [5.74, 6) is -0.353. The van der Waals surface area contributed by atoms with Crippen LogP contribution in [0.5, 0.6) is 11.5 Å². The molecule has 0 spiro atoms. The summed E-state index contributed by atoms with van der Waals surface area (Å²) < 4.78 is 60.9. The molecule has 4 aromatic carbocycles. The standard InChI is InChI=1S/2C12H10N2O4S.C7H16N4O2/c2*15-11-5-1-9(2-6-11)13-14-10-3-7-12(8-4-10)19(16,17)18;1-10-7(9)11-4-2-3-5(8)6(12)13/h2*1-8,15H,(H,16,17,18);5H,2-4,8H2,1H3,(H,12,13)(H3,9,10,11)/t;;5-/m..0/s1. The zero-order valence-corrected chi connectivity index (χ0v) is 28.6. The average Bonchev–Trinajstić information content (AvgIpc) is 3.09. The lowest BCUT2D eigenvalue weighted by Crippen LogP contribution is -2.34. The number of phenols is 2. The Bertz CT molecular complexity index is 1880. The lowest BCUT2D eigenvalue weighted by molar-refractivity contribution is -0.138. The van der Waals surface area contributed by atoms with Gasteiger partial charge in [-0.15, -0.1) is 0 Å². The molecule has 10 N–H and O–H groups in total. The Kier molecular flexibility index (Phi) is 16.2. The number of nitrogens with one attached hydrogen (secondary N) is 1. The molecule has 0 aromatic heterocycles. The topological polar surface area (TPSA) is 312 Å². The largest absolute Gasteiger partial charge is 0.508 e. The summed E-state index contributed by atoms with van der Waals surface area (Å²) in [5, 5.41) is 45.1. The summed E-state index contributed by atoms with van der Waals surface area (Å²) in [6.07, 6.45) is 1.09. The van der Waals surface area contributed by atoms with E-state index in [2.05, 4.69) is 30.8 Å². The SMILES string of the molecule is CN=C(N)NCCC[C@H](N)C(=O)O.O=S(=O)(O)c1ccc(N=Nc2ccc(O)cc2)cc1.O=S(=O)(O)c1ccc(N=Nc2ccc(O)cc2)cc1. The van der Waals surface area contributed by atoms with Gasteiger partial charge in [0.2, 0.25) is 0 Å². The first-order chi connectivity index (χ1) is 24.0. The van der Waals surface area contributed by atoms with Crippen LogP contribution in [0.25, 0.3) is 0 Å². The number of nitrogens with two attached hydrogens (primary N) is 2. The molecule has 0 amide bonds. The first-order valence-corrected chi connectivity index (χ1v) is 17.4. The number of aliphatic imine (C=N–C) groups is 1. The van der Waals surface area contributed by atoms with E-state index in [1.165, 1.54) is 72.8 Å². The van der Waals surface area contributed by atoms with Gasteiger partial charge in [-0.05, 0) is 110 Å². The highest BCUT2D eigenvalue weighted by molar-refractivity contribution is 7.86. The predicted octanol–water partition coefficient (Wildman–Crippen LogP) is 4.82. The highest BCUT2D eigenvalue weighted by Gasteiger charge is 2.10. The van der Waals surface area contributed by atoms with Gasteiger partial charge in [0.05, 0.1) is 32.5 Å². The van der Waals surface area contributed by atoms with Crippen LogP contribution in [0.2, 0.25) is 0 Å². The summed E-state index contributed by atoms with van der Waals surface area (Å²) in [7, 11) is -6.81. The van der Waals surface area contributed by atoms with E-state index < -0.39 is 32.2 Å². The van der Waals surface area contributed by atoms with Crippen LogP contribution in [-0.4, -0.2) is 72.8 Å². The minimum atomic E-state index is -4.19. The second-order valence-electron chi connectivity index (χ2n) is 9.99. The van der Waals surface area contributed by atoms with Crippen LogP contribution < -0.4 is 16.8 Å². The number of rotatable bonds is 11. The van der Waals surface area contributed by atoms with Gasteiger partial charge in [-0.1, -0.05) is 0 Å². The molecule has 20 heteroatoms. The second kappa shape index (κ2) is 20.0. The van der Waals surface area contributed by atoms with E-state index in [0.717, 1.165) is 0 Å². The molecule has 0 heterocycles. The van der Waals surface area contributed by atoms with E-state index in [1.54, 1.807) is 31.3 Å². The first-order valence-electron chi connectivity index (χ1n) is 14.5. The maximum Gasteiger partial charge on any atom is 0.320 e. The monoisotopic (exact) mass is 744 g/mol. The Hall–Kier alpha value is -5.80. The smallest absolute Gasteiger partial charge is 0.320 e. The minimum Gasteiger partial charge on any atom is -0.508 e. The number of carbonyl (C=O) groups is 1. The molecule has 0 saturated heterocycles. The van der Waals surface area contributed by atoms with E-state index in [9.17, 15) is 21.6 Å². The zero-order chi connectivity index (χ0) is 38.0. The molecule has 18 nitrogen and oxygen atoms in total. The molecule has 4 rings (SSSR count). The van der Waals surface area contributed by atoms with Crippen molar-refractivity contribution in [1.82, 2.24) is 5.32 Å². The average molecular weight is 745 g/mol. The number of benzene rings is 4. The van der Waals surface area contributed by atoms with Crippen molar-refractivity contribution in [1.29, 1.82) is 0 Å². The van der Waals surface area contributed by atoms with Crippen molar-refractivity contribution in [2.24, 2.45) is 36.9 Å². The Morgan fingerprint density at radius 3 is 1.25 bits per heavy atom. The number of guanidine groups is 1. The van der Waals surface area contributed by atoms with E-state index in [0.29, 0.717) is 48.1 Å². The van der Waals surface area contributed by atoms with Crippen molar-refractivity contribution < 1.29 is 46.1 Å². The fraction of sp³-hybridized carbons (Fsp3) is 0.161. The van der Waals surface area contributed by atoms with Crippen LogP contribution in [0, 0.1) is 0 Å². The highest BCUT2D eigenvalue weighted by Crippen LogP contribution is 2.23. The maximum absolute atomic E-state index is 10.8. The Morgan fingerprint density at radius 1 is 0.667 bits per heavy atom. The van der Waals surface area contributed by atoms with Gasteiger partial charge in [0.1, 0.15) is 17.5 Å². The second-order valence-corrected chi connectivity index (χ2v) is 12.8. The number of carboxylic acids is 1. The van der Waals surface area contributed by atoms with Crippen LogP contribution in [-0.2, 0) is 25.0 Å². The molecule has 1 atom stereocenters. The summed E-state index contributed by atoms with van der Waals surface area (Å²) in [5.41, 5.74) is 12.6. The molecular formula is C31H36N8O10S2. The third-order valence-electron chi connectivity index (χ3n) is 6.09. The van der Waals surface area contributed by atoms with Crippen LogP contribution in [0.1, 0.15) is 12.8 Å². The minimum absolute atomic E-state index is 0.136. The fourth-order valence-corrected chi connectivity index (χ4v) is 4.34. The van der Waals surface area contributed by atoms with Crippen molar-refractivity contribution in [2.45, 2.75) is 28.7 Å². The summed E-state index contributed by atoms with van der Waals surface area (Å²) in [4.78, 5) is 13.6. The number of aromatic hydroxyl groups is 2. The van der Waals surface area contributed by atoms with Crippen molar-refractivity contribution in [3.05, 3.63) is 97.1 Å². The number of azo groups is 2. The van der Waals surface area contributed by atoms with Gasteiger partial charge in [-0.3, -0.25) is 18.9 Å². The lowest BCUT2D eigenvalue weighted by Gasteiger charge is -2.07. The van der Waals surface area contributed by atoms with Gasteiger partial charge in [0.25, 0.3) is 20.2 Å². The number of carboxylic acid groups (broad SMARTS) is 1. The normalized spacial score (nSPS) is 12.4. The van der Waals surface area contributed by atoms with Crippen LogP contribution in [0.4, 0.5) is 22.7 Å². The molecule has 0 aliphatic carbocycles. The van der Waals surface area contributed by atoms with Gasteiger partial charge in [-0.2, -0.15) is 37.3 Å². The van der Waals surface area contributed by atoms with Gasteiger partial charge in [0.15, 0.2) is 5.96 Å². The zero-order valence-electron chi connectivity index (χ0n) is 26.9. The molecule has 272 valence electrons. The highest BCUT2D eigenvalue weighted by atomic mass is 32.2. The van der Waals surface area contributed by atoms with E-state index >= 15 is 0 Å².